The zero-order valence-electron chi connectivity index (χ0n) is 18.2. The van der Waals surface area contributed by atoms with Crippen LogP contribution in [0.1, 0.15) is 55.1 Å². The molecule has 4 aromatic rings. The number of hydrazine groups is 1. The molecule has 3 amide bonds. The van der Waals surface area contributed by atoms with Crippen LogP contribution in [-0.4, -0.2) is 55.6 Å². The van der Waals surface area contributed by atoms with Gasteiger partial charge in [0.15, 0.2) is 0 Å². The number of aryl methyl sites for hydroxylation is 1. The largest absolute Gasteiger partial charge is 0.347 e. The Balaban J connectivity index is 1.15. The third-order valence-electron chi connectivity index (χ3n) is 5.85. The summed E-state index contributed by atoms with van der Waals surface area (Å²) in [5.41, 5.74) is 7.19. The monoisotopic (exact) mass is 479 g/mol. The van der Waals surface area contributed by atoms with E-state index in [1.165, 1.54) is 11.3 Å². The highest BCUT2D eigenvalue weighted by atomic mass is 32.1. The lowest BCUT2D eigenvalue weighted by Crippen LogP contribution is -2.42. The van der Waals surface area contributed by atoms with Crippen molar-refractivity contribution in [2.24, 2.45) is 7.05 Å². The highest BCUT2D eigenvalue weighted by Gasteiger charge is 2.27. The maximum atomic E-state index is 12.9. The number of carbonyl (C=O) groups is 3. The first-order valence-corrected chi connectivity index (χ1v) is 11.6. The van der Waals surface area contributed by atoms with Gasteiger partial charge in [0.1, 0.15) is 22.4 Å². The number of fused-ring (bicyclic) bond motifs is 1. The van der Waals surface area contributed by atoms with Gasteiger partial charge in [0.2, 0.25) is 0 Å². The first kappa shape index (κ1) is 21.8. The second-order valence-electron chi connectivity index (χ2n) is 8.02. The van der Waals surface area contributed by atoms with E-state index in [1.807, 2.05) is 4.90 Å². The number of piperidine rings is 1. The summed E-state index contributed by atoms with van der Waals surface area (Å²) in [5.74, 6) is -0.782. The van der Waals surface area contributed by atoms with Gasteiger partial charge in [-0.1, -0.05) is 0 Å². The molecule has 11 nitrogen and oxygen atoms in total. The van der Waals surface area contributed by atoms with Crippen molar-refractivity contribution in [1.29, 1.82) is 0 Å². The predicted molar refractivity (Wildman–Crippen MR) is 122 cm³/mol. The molecule has 0 spiro atoms. The van der Waals surface area contributed by atoms with Crippen molar-refractivity contribution >= 4 is 40.1 Å². The van der Waals surface area contributed by atoms with Crippen molar-refractivity contribution in [2.75, 3.05) is 13.1 Å². The number of benzene rings is 1. The van der Waals surface area contributed by atoms with Crippen LogP contribution in [0.15, 0.2) is 46.5 Å². The van der Waals surface area contributed by atoms with Crippen molar-refractivity contribution in [1.82, 2.24) is 35.6 Å². The molecule has 1 saturated heterocycles. The molecule has 2 N–H and O–H groups in total. The van der Waals surface area contributed by atoms with E-state index in [1.54, 1.807) is 53.5 Å². The normalized spacial score (nSPS) is 14.3. The van der Waals surface area contributed by atoms with E-state index in [-0.39, 0.29) is 17.5 Å². The highest BCUT2D eigenvalue weighted by Crippen LogP contribution is 2.31. The summed E-state index contributed by atoms with van der Waals surface area (Å²) in [4.78, 5) is 43.7. The minimum absolute atomic E-state index is 0.0588. The van der Waals surface area contributed by atoms with Gasteiger partial charge in [0.05, 0.1) is 5.01 Å². The number of aromatic nitrogens is 4. The highest BCUT2D eigenvalue weighted by molar-refractivity contribution is 7.09. The maximum Gasteiger partial charge on any atom is 0.289 e. The van der Waals surface area contributed by atoms with E-state index < -0.39 is 11.8 Å². The van der Waals surface area contributed by atoms with Crippen LogP contribution >= 0.6 is 11.3 Å². The summed E-state index contributed by atoms with van der Waals surface area (Å²) in [7, 11) is 1.75. The van der Waals surface area contributed by atoms with Gasteiger partial charge < -0.3 is 9.47 Å². The molecule has 1 aliphatic rings. The number of nitrogens with one attached hydrogen (secondary N) is 2. The van der Waals surface area contributed by atoms with Crippen LogP contribution in [0.3, 0.4) is 0 Å². The molecule has 174 valence electrons. The Hall–Kier alpha value is -4.06. The van der Waals surface area contributed by atoms with Crippen molar-refractivity contribution in [2.45, 2.75) is 18.8 Å². The molecule has 0 bridgehead atoms. The summed E-state index contributed by atoms with van der Waals surface area (Å²) >= 11 is 1.41. The van der Waals surface area contributed by atoms with Crippen LogP contribution in [-0.2, 0) is 7.05 Å². The number of carbonyl (C=O) groups excluding carboxylic acids is 3. The minimum atomic E-state index is -0.476. The third kappa shape index (κ3) is 4.27. The number of amides is 3. The molecule has 3 aromatic heterocycles. The molecule has 0 aliphatic carbocycles. The van der Waals surface area contributed by atoms with E-state index in [9.17, 15) is 14.4 Å². The van der Waals surface area contributed by atoms with E-state index in [0.717, 1.165) is 17.8 Å². The van der Waals surface area contributed by atoms with Gasteiger partial charge in [0, 0.05) is 43.2 Å². The van der Waals surface area contributed by atoms with Crippen molar-refractivity contribution in [3.05, 3.63) is 63.9 Å². The van der Waals surface area contributed by atoms with Crippen molar-refractivity contribution < 1.29 is 19.0 Å². The lowest BCUT2D eigenvalue weighted by molar-refractivity contribution is 0.0713. The third-order valence-corrected chi connectivity index (χ3v) is 6.86. The van der Waals surface area contributed by atoms with Gasteiger partial charge >= 0.3 is 0 Å². The summed E-state index contributed by atoms with van der Waals surface area (Å²) in [6.45, 7) is 1.18. The van der Waals surface area contributed by atoms with E-state index in [2.05, 4.69) is 26.1 Å². The molecule has 0 unspecified atom stereocenters. The number of nitrogens with zero attached hydrogens (tertiary/aromatic N) is 5. The number of thiazole rings is 1. The summed E-state index contributed by atoms with van der Waals surface area (Å²) in [6, 6.07) is 8.53. The lowest BCUT2D eigenvalue weighted by atomic mass is 9.97. The Bertz CT molecular complexity index is 1370. The SMILES string of the molecule is Cn1cccc1C(=O)NNC(=O)c1csc(C2CCN(C(=O)c3ccc4nonc4c3)CC2)n1. The van der Waals surface area contributed by atoms with E-state index in [4.69, 9.17) is 4.63 Å². The summed E-state index contributed by atoms with van der Waals surface area (Å²) in [6.07, 6.45) is 3.24. The number of hydrogen-bond acceptors (Lipinski definition) is 8. The van der Waals surface area contributed by atoms with Gasteiger partial charge in [-0.25, -0.2) is 9.61 Å². The molecule has 1 aromatic carbocycles. The van der Waals surface area contributed by atoms with Gasteiger partial charge in [-0.15, -0.1) is 11.3 Å². The molecule has 1 aliphatic heterocycles. The Morgan fingerprint density at radius 2 is 1.82 bits per heavy atom. The second kappa shape index (κ2) is 9.06. The Morgan fingerprint density at radius 1 is 1.06 bits per heavy atom. The van der Waals surface area contributed by atoms with Crippen LogP contribution in [0, 0.1) is 0 Å². The van der Waals surface area contributed by atoms with Crippen LogP contribution in [0.2, 0.25) is 0 Å². The Kier molecular flexibility index (Phi) is 5.80. The van der Waals surface area contributed by atoms with Crippen LogP contribution < -0.4 is 10.9 Å². The van der Waals surface area contributed by atoms with Gasteiger partial charge in [-0.05, 0) is 53.5 Å². The molecular formula is C22H21N7O4S. The summed E-state index contributed by atoms with van der Waals surface area (Å²) in [5, 5.41) is 10.1. The smallest absolute Gasteiger partial charge is 0.289 e. The molecule has 5 rings (SSSR count). The standard InChI is InChI=1S/C22H21N7O4S/c1-28-8-2-3-18(28)20(31)25-24-19(30)17-12-34-21(23-17)13-6-9-29(10-7-13)22(32)14-4-5-15-16(11-14)27-33-26-15/h2-5,8,11-13H,6-7,9-10H2,1H3,(H,24,30)(H,25,31). The second-order valence-corrected chi connectivity index (χ2v) is 8.91. The first-order valence-electron chi connectivity index (χ1n) is 10.7. The molecule has 0 saturated carbocycles. The Morgan fingerprint density at radius 3 is 2.59 bits per heavy atom. The van der Waals surface area contributed by atoms with Crippen LogP contribution in [0.4, 0.5) is 0 Å². The summed E-state index contributed by atoms with van der Waals surface area (Å²) < 4.78 is 6.35. The quantitative estimate of drug-likeness (QED) is 0.428. The molecular weight excluding hydrogens is 458 g/mol. The van der Waals surface area contributed by atoms with Gasteiger partial charge in [0.25, 0.3) is 17.7 Å². The fraction of sp³-hybridized carbons (Fsp3) is 0.273. The molecule has 12 heteroatoms. The fourth-order valence-corrected chi connectivity index (χ4v) is 4.92. The molecule has 0 radical (unpaired) electrons. The Labute approximate surface area is 197 Å². The predicted octanol–water partition coefficient (Wildman–Crippen LogP) is 2.11. The first-order chi connectivity index (χ1) is 16.5. The molecule has 1 fully saturated rings. The number of likely N-dealkylation sites (tertiary alicyclic amines) is 1. The average Bonchev–Trinajstić information content (AvgIpc) is 3.62. The number of hydrogen-bond donors (Lipinski definition) is 2. The lowest BCUT2D eigenvalue weighted by Gasteiger charge is -2.31. The maximum absolute atomic E-state index is 12.9. The molecule has 0 atom stereocenters. The molecule has 34 heavy (non-hydrogen) atoms. The van der Waals surface area contributed by atoms with Crippen molar-refractivity contribution in [3.8, 4) is 0 Å². The topological polar surface area (TPSA) is 135 Å². The zero-order chi connectivity index (χ0) is 23.7. The fourth-order valence-electron chi connectivity index (χ4n) is 3.95. The van der Waals surface area contributed by atoms with E-state index in [0.29, 0.717) is 35.4 Å². The van der Waals surface area contributed by atoms with Crippen LogP contribution in [0.25, 0.3) is 11.0 Å². The van der Waals surface area contributed by atoms with E-state index >= 15 is 0 Å². The zero-order valence-corrected chi connectivity index (χ0v) is 19.0. The van der Waals surface area contributed by atoms with Gasteiger partial charge in [-0.3, -0.25) is 25.2 Å². The molecule has 4 heterocycles. The average molecular weight is 480 g/mol. The van der Waals surface area contributed by atoms with Crippen LogP contribution in [0.5, 0.6) is 0 Å². The van der Waals surface area contributed by atoms with Crippen molar-refractivity contribution in [3.63, 3.8) is 0 Å². The number of rotatable bonds is 4. The minimum Gasteiger partial charge on any atom is -0.347 e. The van der Waals surface area contributed by atoms with Gasteiger partial charge in [-0.2, -0.15) is 0 Å².